The van der Waals surface area contributed by atoms with Crippen molar-refractivity contribution in [2.24, 2.45) is 0 Å². The zero-order valence-corrected chi connectivity index (χ0v) is 8.33. The average molecular weight is 201 g/mol. The van der Waals surface area contributed by atoms with E-state index in [1.165, 1.54) is 30.9 Å². The molecule has 0 spiro atoms. The average Bonchev–Trinajstić information content (AvgIpc) is 2.74. The molecule has 5 heteroatoms. The van der Waals surface area contributed by atoms with E-state index >= 15 is 0 Å². The molecule has 3 nitrogen and oxygen atoms in total. The normalized spacial score (nSPS) is 23.2. The highest BCUT2D eigenvalue weighted by molar-refractivity contribution is 8.00. The Bertz CT molecular complexity index is 219. The first-order valence-corrected chi connectivity index (χ1v) is 5.84. The van der Waals surface area contributed by atoms with Gasteiger partial charge in [-0.05, 0) is 30.9 Å². The number of rotatable bonds is 3. The van der Waals surface area contributed by atoms with E-state index in [2.05, 4.69) is 14.7 Å². The molecule has 1 fully saturated rings. The SMILES string of the molecule is c1nsc(SC[C@H]2CCCN2)n1. The van der Waals surface area contributed by atoms with Crippen LogP contribution in [0.5, 0.6) is 0 Å². The first-order valence-electron chi connectivity index (χ1n) is 4.08. The van der Waals surface area contributed by atoms with Crippen LogP contribution in [0.25, 0.3) is 0 Å². The maximum absolute atomic E-state index is 4.12. The van der Waals surface area contributed by atoms with Gasteiger partial charge in [0.1, 0.15) is 6.33 Å². The summed E-state index contributed by atoms with van der Waals surface area (Å²) in [5.74, 6) is 1.13. The molecule has 1 N–H and O–H groups in total. The molecule has 66 valence electrons. The zero-order valence-electron chi connectivity index (χ0n) is 6.69. The third-order valence-electron chi connectivity index (χ3n) is 1.91. The minimum absolute atomic E-state index is 0.693. The largest absolute Gasteiger partial charge is 0.313 e. The van der Waals surface area contributed by atoms with Crippen LogP contribution >= 0.6 is 23.3 Å². The van der Waals surface area contributed by atoms with Gasteiger partial charge in [-0.15, -0.1) is 0 Å². The second-order valence-corrected chi connectivity index (χ2v) is 4.86. The number of hydrogen-bond acceptors (Lipinski definition) is 5. The van der Waals surface area contributed by atoms with Crippen molar-refractivity contribution < 1.29 is 0 Å². The van der Waals surface area contributed by atoms with Crippen molar-refractivity contribution in [3.8, 4) is 0 Å². The van der Waals surface area contributed by atoms with Crippen LogP contribution in [0, 0.1) is 0 Å². The third kappa shape index (κ3) is 2.18. The smallest absolute Gasteiger partial charge is 0.169 e. The van der Waals surface area contributed by atoms with Crippen molar-refractivity contribution in [3.05, 3.63) is 6.33 Å². The lowest BCUT2D eigenvalue weighted by atomic mass is 10.3. The number of hydrogen-bond donors (Lipinski definition) is 1. The van der Waals surface area contributed by atoms with Crippen LogP contribution in [-0.2, 0) is 0 Å². The van der Waals surface area contributed by atoms with E-state index in [0.717, 1.165) is 10.1 Å². The topological polar surface area (TPSA) is 37.8 Å². The summed E-state index contributed by atoms with van der Waals surface area (Å²) in [6.07, 6.45) is 4.25. The van der Waals surface area contributed by atoms with Gasteiger partial charge >= 0.3 is 0 Å². The van der Waals surface area contributed by atoms with Gasteiger partial charge in [0.15, 0.2) is 4.34 Å². The minimum Gasteiger partial charge on any atom is -0.313 e. The monoisotopic (exact) mass is 201 g/mol. The Kier molecular flexibility index (Phi) is 2.97. The van der Waals surface area contributed by atoms with Gasteiger partial charge in [0.2, 0.25) is 0 Å². The third-order valence-corrected chi connectivity index (χ3v) is 3.87. The van der Waals surface area contributed by atoms with Crippen molar-refractivity contribution in [1.82, 2.24) is 14.7 Å². The molecular weight excluding hydrogens is 190 g/mol. The van der Waals surface area contributed by atoms with Crippen molar-refractivity contribution in [2.45, 2.75) is 23.2 Å². The van der Waals surface area contributed by atoms with Crippen molar-refractivity contribution in [3.63, 3.8) is 0 Å². The van der Waals surface area contributed by atoms with Gasteiger partial charge in [-0.25, -0.2) is 4.98 Å². The van der Waals surface area contributed by atoms with Crippen LogP contribution in [-0.4, -0.2) is 27.7 Å². The Hall–Kier alpha value is -0.130. The van der Waals surface area contributed by atoms with E-state index in [1.54, 1.807) is 18.1 Å². The quantitative estimate of drug-likeness (QED) is 0.750. The van der Waals surface area contributed by atoms with Crippen molar-refractivity contribution >= 4 is 23.3 Å². The van der Waals surface area contributed by atoms with Gasteiger partial charge in [-0.3, -0.25) is 0 Å². The molecular formula is C7H11N3S2. The van der Waals surface area contributed by atoms with Crippen LogP contribution in [0.15, 0.2) is 10.7 Å². The highest BCUT2D eigenvalue weighted by Crippen LogP contribution is 2.21. The second kappa shape index (κ2) is 4.20. The predicted molar refractivity (Wildman–Crippen MR) is 51.7 cm³/mol. The fourth-order valence-electron chi connectivity index (χ4n) is 1.30. The lowest BCUT2D eigenvalue weighted by Crippen LogP contribution is -2.23. The number of nitrogens with one attached hydrogen (secondary N) is 1. The number of nitrogens with zero attached hydrogens (tertiary/aromatic N) is 2. The maximum Gasteiger partial charge on any atom is 0.169 e. The lowest BCUT2D eigenvalue weighted by molar-refractivity contribution is 0.674. The second-order valence-electron chi connectivity index (χ2n) is 2.81. The Labute approximate surface area is 80.1 Å². The van der Waals surface area contributed by atoms with Gasteiger partial charge in [0, 0.05) is 11.8 Å². The summed E-state index contributed by atoms with van der Waals surface area (Å²) in [6.45, 7) is 1.18. The Balaban J connectivity index is 1.74. The standard InChI is InChI=1S/C7H11N3S2/c1-2-6(8-3-1)4-11-7-9-5-10-12-7/h5-6,8H,1-4H2/t6-/m1/s1. The highest BCUT2D eigenvalue weighted by atomic mass is 32.2. The molecule has 1 saturated heterocycles. The van der Waals surface area contributed by atoms with E-state index in [-0.39, 0.29) is 0 Å². The molecule has 2 heterocycles. The molecule has 0 unspecified atom stereocenters. The first kappa shape index (κ1) is 8.47. The first-order chi connectivity index (χ1) is 5.95. The van der Waals surface area contributed by atoms with E-state index in [4.69, 9.17) is 0 Å². The summed E-state index contributed by atoms with van der Waals surface area (Å²) in [6, 6.07) is 0.693. The molecule has 0 bridgehead atoms. The number of thioether (sulfide) groups is 1. The summed E-state index contributed by atoms with van der Waals surface area (Å²) >= 11 is 3.29. The molecule has 1 aromatic rings. The van der Waals surface area contributed by atoms with Gasteiger partial charge in [0.25, 0.3) is 0 Å². The van der Waals surface area contributed by atoms with Gasteiger partial charge in [-0.1, -0.05) is 11.8 Å². The molecule has 1 aliphatic rings. The maximum atomic E-state index is 4.12. The van der Waals surface area contributed by atoms with E-state index in [9.17, 15) is 0 Å². The van der Waals surface area contributed by atoms with Gasteiger partial charge in [-0.2, -0.15) is 4.37 Å². The Morgan fingerprint density at radius 1 is 1.75 bits per heavy atom. The van der Waals surface area contributed by atoms with E-state index < -0.39 is 0 Å². The Morgan fingerprint density at radius 3 is 3.42 bits per heavy atom. The lowest BCUT2D eigenvalue weighted by Gasteiger charge is -2.06. The highest BCUT2D eigenvalue weighted by Gasteiger charge is 2.14. The fraction of sp³-hybridized carbons (Fsp3) is 0.714. The molecule has 0 aliphatic carbocycles. The summed E-state index contributed by atoms with van der Waals surface area (Å²) in [5.41, 5.74) is 0. The summed E-state index contributed by atoms with van der Waals surface area (Å²) in [4.78, 5) is 4.12. The summed E-state index contributed by atoms with van der Waals surface area (Å²) in [7, 11) is 0. The van der Waals surface area contributed by atoms with E-state index in [1.807, 2.05) is 0 Å². The molecule has 0 radical (unpaired) electrons. The molecule has 0 amide bonds. The zero-order chi connectivity index (χ0) is 8.23. The molecule has 0 saturated carbocycles. The van der Waals surface area contributed by atoms with E-state index in [0.29, 0.717) is 6.04 Å². The molecule has 0 aromatic carbocycles. The Morgan fingerprint density at radius 2 is 2.75 bits per heavy atom. The fourth-order valence-corrected chi connectivity index (χ4v) is 2.87. The molecule has 1 aliphatic heterocycles. The van der Waals surface area contributed by atoms with Crippen LogP contribution in [0.1, 0.15) is 12.8 Å². The molecule has 2 rings (SSSR count). The van der Waals surface area contributed by atoms with Gasteiger partial charge in [0.05, 0.1) is 0 Å². The number of aromatic nitrogens is 2. The predicted octanol–water partition coefficient (Wildman–Crippen LogP) is 1.38. The molecule has 1 aromatic heterocycles. The van der Waals surface area contributed by atoms with Crippen LogP contribution < -0.4 is 5.32 Å². The van der Waals surface area contributed by atoms with Crippen LogP contribution in [0.3, 0.4) is 0 Å². The van der Waals surface area contributed by atoms with Crippen molar-refractivity contribution in [1.29, 1.82) is 0 Å². The van der Waals surface area contributed by atoms with Crippen LogP contribution in [0.4, 0.5) is 0 Å². The van der Waals surface area contributed by atoms with Gasteiger partial charge < -0.3 is 5.32 Å². The summed E-state index contributed by atoms with van der Waals surface area (Å²) < 4.78 is 5.04. The molecule has 12 heavy (non-hydrogen) atoms. The van der Waals surface area contributed by atoms with Crippen molar-refractivity contribution in [2.75, 3.05) is 12.3 Å². The minimum atomic E-state index is 0.693. The molecule has 1 atom stereocenters. The van der Waals surface area contributed by atoms with Crippen LogP contribution in [0.2, 0.25) is 0 Å². The summed E-state index contributed by atoms with van der Waals surface area (Å²) in [5, 5.41) is 3.45.